The Labute approximate surface area is 141 Å². The van der Waals surface area contributed by atoms with Crippen molar-refractivity contribution in [2.45, 2.75) is 12.2 Å². The summed E-state index contributed by atoms with van der Waals surface area (Å²) >= 11 is 0. The molecule has 3 rings (SSSR count). The summed E-state index contributed by atoms with van der Waals surface area (Å²) in [6.07, 6.45) is 5.04. The highest BCUT2D eigenvalue weighted by atomic mass is 16.1. The molecule has 0 aliphatic heterocycles. The minimum atomic E-state index is -0.328. The summed E-state index contributed by atoms with van der Waals surface area (Å²) < 4.78 is 1.66. The highest BCUT2D eigenvalue weighted by Crippen LogP contribution is 2.18. The Hall–Kier alpha value is -2.91. The largest absolute Gasteiger partial charge is 0.295 e. The summed E-state index contributed by atoms with van der Waals surface area (Å²) in [5.41, 5.74) is 1.05. The van der Waals surface area contributed by atoms with E-state index in [4.69, 9.17) is 0 Å². The zero-order valence-corrected chi connectivity index (χ0v) is 13.4. The Kier molecular flexibility index (Phi) is 4.73. The number of pyridine rings is 1. The first-order valence-corrected chi connectivity index (χ1v) is 7.90. The fraction of sp³-hybridized carbons (Fsp3) is 0.0952. The van der Waals surface area contributed by atoms with E-state index < -0.39 is 0 Å². The zero-order chi connectivity index (χ0) is 16.9. The van der Waals surface area contributed by atoms with Crippen molar-refractivity contribution in [2.24, 2.45) is 0 Å². The number of hydrogen-bond acceptors (Lipinski definition) is 2. The molecule has 0 radical (unpaired) electrons. The minimum Gasteiger partial charge on any atom is -0.295 e. The van der Waals surface area contributed by atoms with Gasteiger partial charge in [-0.05, 0) is 23.1 Å². The van der Waals surface area contributed by atoms with E-state index in [1.165, 1.54) is 0 Å². The Morgan fingerprint density at radius 1 is 0.917 bits per heavy atom. The number of nitrogens with zero attached hydrogens (tertiary/aromatic N) is 1. The third-order valence-corrected chi connectivity index (χ3v) is 4.11. The molecular formula is C21H20N2O. The van der Waals surface area contributed by atoms with E-state index in [-0.39, 0.29) is 17.8 Å². The molecule has 0 saturated carbocycles. The molecule has 0 aliphatic carbocycles. The first-order chi connectivity index (χ1) is 11.7. The van der Waals surface area contributed by atoms with Gasteiger partial charge >= 0.3 is 0 Å². The highest BCUT2D eigenvalue weighted by molar-refractivity contribution is 5.81. The van der Waals surface area contributed by atoms with E-state index in [2.05, 4.69) is 18.5 Å². The molecule has 3 heteroatoms. The minimum absolute atomic E-state index is 0.0404. The van der Waals surface area contributed by atoms with E-state index in [0.717, 1.165) is 10.9 Å². The fourth-order valence-corrected chi connectivity index (χ4v) is 2.83. The van der Waals surface area contributed by atoms with Crippen LogP contribution in [0.3, 0.4) is 0 Å². The van der Waals surface area contributed by atoms with E-state index >= 15 is 0 Å². The predicted octanol–water partition coefficient (Wildman–Crippen LogP) is 4.20. The molecule has 0 amide bonds. The number of fused-ring (bicyclic) bond motifs is 1. The SMILES string of the molecule is C=CC(NC(C=C)n1ccc2ccccc2c1=O)c1ccccc1. The topological polar surface area (TPSA) is 34.0 Å². The van der Waals surface area contributed by atoms with E-state index in [1.807, 2.05) is 66.7 Å². The second kappa shape index (κ2) is 7.11. The van der Waals surface area contributed by atoms with Crippen LogP contribution in [0.4, 0.5) is 0 Å². The molecule has 24 heavy (non-hydrogen) atoms. The zero-order valence-electron chi connectivity index (χ0n) is 13.4. The quantitative estimate of drug-likeness (QED) is 0.691. The van der Waals surface area contributed by atoms with Gasteiger partial charge in [0.15, 0.2) is 0 Å². The van der Waals surface area contributed by atoms with Gasteiger partial charge in [-0.15, -0.1) is 6.58 Å². The second-order valence-corrected chi connectivity index (χ2v) is 5.59. The van der Waals surface area contributed by atoms with Crippen molar-refractivity contribution in [3.05, 3.63) is 108 Å². The lowest BCUT2D eigenvalue weighted by Crippen LogP contribution is -2.34. The molecule has 3 nitrogen and oxygen atoms in total. The third kappa shape index (κ3) is 3.07. The van der Waals surface area contributed by atoms with Crippen LogP contribution in [0.15, 0.2) is 97.0 Å². The summed E-state index contributed by atoms with van der Waals surface area (Å²) in [5.74, 6) is 0. The van der Waals surface area contributed by atoms with Crippen LogP contribution < -0.4 is 10.9 Å². The van der Waals surface area contributed by atoms with Crippen LogP contribution >= 0.6 is 0 Å². The molecule has 1 heterocycles. The first-order valence-electron chi connectivity index (χ1n) is 7.90. The van der Waals surface area contributed by atoms with Gasteiger partial charge in [0.25, 0.3) is 5.56 Å². The van der Waals surface area contributed by atoms with Gasteiger partial charge in [-0.3, -0.25) is 14.7 Å². The lowest BCUT2D eigenvalue weighted by atomic mass is 10.1. The molecule has 120 valence electrons. The number of rotatable bonds is 6. The van der Waals surface area contributed by atoms with Gasteiger partial charge in [-0.25, -0.2) is 0 Å². The second-order valence-electron chi connectivity index (χ2n) is 5.59. The van der Waals surface area contributed by atoms with Crippen LogP contribution in [0.1, 0.15) is 17.8 Å². The summed E-state index contributed by atoms with van der Waals surface area (Å²) in [4.78, 5) is 12.8. The Bertz CT molecular complexity index is 912. The predicted molar refractivity (Wildman–Crippen MR) is 100.0 cm³/mol. The lowest BCUT2D eigenvalue weighted by molar-refractivity contribution is 0.442. The van der Waals surface area contributed by atoms with E-state index in [1.54, 1.807) is 16.8 Å². The standard InChI is InChI=1S/C21H20N2O/c1-3-19(17-11-6-5-7-12-17)22-20(4-2)23-15-14-16-10-8-9-13-18(16)21(23)24/h3-15,19-20,22H,1-2H2. The van der Waals surface area contributed by atoms with Crippen molar-refractivity contribution < 1.29 is 0 Å². The molecule has 2 atom stereocenters. The monoisotopic (exact) mass is 316 g/mol. The van der Waals surface area contributed by atoms with Crippen LogP contribution in [-0.4, -0.2) is 4.57 Å². The molecular weight excluding hydrogens is 296 g/mol. The third-order valence-electron chi connectivity index (χ3n) is 4.11. The van der Waals surface area contributed by atoms with Crippen LogP contribution in [0.25, 0.3) is 10.8 Å². The molecule has 0 spiro atoms. The lowest BCUT2D eigenvalue weighted by Gasteiger charge is -2.23. The maximum absolute atomic E-state index is 12.8. The van der Waals surface area contributed by atoms with Crippen molar-refractivity contribution >= 4 is 10.8 Å². The maximum Gasteiger partial charge on any atom is 0.259 e. The van der Waals surface area contributed by atoms with Crippen molar-refractivity contribution in [3.63, 3.8) is 0 Å². The molecule has 2 aromatic carbocycles. The normalized spacial score (nSPS) is 13.3. The molecule has 0 fully saturated rings. The Morgan fingerprint density at radius 3 is 2.33 bits per heavy atom. The molecule has 3 aromatic rings. The van der Waals surface area contributed by atoms with Gasteiger partial charge < -0.3 is 0 Å². The summed E-state index contributed by atoms with van der Waals surface area (Å²) in [5, 5.41) is 5.05. The smallest absolute Gasteiger partial charge is 0.259 e. The molecule has 1 aromatic heterocycles. The van der Waals surface area contributed by atoms with Crippen LogP contribution in [0.5, 0.6) is 0 Å². The van der Waals surface area contributed by atoms with Gasteiger partial charge in [0, 0.05) is 11.6 Å². The van der Waals surface area contributed by atoms with Gasteiger partial charge in [-0.2, -0.15) is 0 Å². The van der Waals surface area contributed by atoms with Gasteiger partial charge in [0.1, 0.15) is 6.17 Å². The molecule has 0 bridgehead atoms. The van der Waals surface area contributed by atoms with Crippen molar-refractivity contribution in [2.75, 3.05) is 0 Å². The number of nitrogens with one attached hydrogen (secondary N) is 1. The summed E-state index contributed by atoms with van der Waals surface area (Å²) in [7, 11) is 0. The van der Waals surface area contributed by atoms with Gasteiger partial charge in [0.05, 0.1) is 6.04 Å². The van der Waals surface area contributed by atoms with Crippen LogP contribution in [0.2, 0.25) is 0 Å². The van der Waals surface area contributed by atoms with E-state index in [9.17, 15) is 4.79 Å². The summed E-state index contributed by atoms with van der Waals surface area (Å²) in [6.45, 7) is 7.79. The molecule has 0 saturated heterocycles. The van der Waals surface area contributed by atoms with Crippen molar-refractivity contribution in [1.29, 1.82) is 0 Å². The Balaban J connectivity index is 1.97. The van der Waals surface area contributed by atoms with E-state index in [0.29, 0.717) is 5.39 Å². The number of aromatic nitrogens is 1. The van der Waals surface area contributed by atoms with Crippen LogP contribution in [0, 0.1) is 0 Å². The van der Waals surface area contributed by atoms with Crippen molar-refractivity contribution in [3.8, 4) is 0 Å². The number of hydrogen-bond donors (Lipinski definition) is 1. The molecule has 1 N–H and O–H groups in total. The molecule has 2 unspecified atom stereocenters. The molecule has 0 aliphatic rings. The van der Waals surface area contributed by atoms with Crippen LogP contribution in [-0.2, 0) is 0 Å². The first kappa shape index (κ1) is 16.0. The average molecular weight is 316 g/mol. The summed E-state index contributed by atoms with van der Waals surface area (Å²) in [6, 6.07) is 19.5. The number of benzene rings is 2. The van der Waals surface area contributed by atoms with Gasteiger partial charge in [-0.1, -0.05) is 67.3 Å². The van der Waals surface area contributed by atoms with Gasteiger partial charge in [0.2, 0.25) is 0 Å². The maximum atomic E-state index is 12.8. The highest BCUT2D eigenvalue weighted by Gasteiger charge is 2.15. The fourth-order valence-electron chi connectivity index (χ4n) is 2.83. The van der Waals surface area contributed by atoms with Crippen molar-refractivity contribution in [1.82, 2.24) is 9.88 Å². The average Bonchev–Trinajstić information content (AvgIpc) is 2.65. The Morgan fingerprint density at radius 2 is 1.62 bits per heavy atom.